The van der Waals surface area contributed by atoms with Crippen molar-refractivity contribution in [3.8, 4) is 5.75 Å². The molecule has 1 saturated heterocycles. The van der Waals surface area contributed by atoms with Gasteiger partial charge >= 0.3 is 6.04 Å². The highest BCUT2D eigenvalue weighted by molar-refractivity contribution is 5.91. The van der Waals surface area contributed by atoms with Gasteiger partial charge in [-0.3, -0.25) is 14.9 Å². The Morgan fingerprint density at radius 3 is 2.18 bits per heavy atom. The van der Waals surface area contributed by atoms with E-state index >= 15 is 0 Å². The maximum Gasteiger partial charge on any atom is 0.332 e. The molecule has 1 unspecified atom stereocenters. The normalized spacial score (nSPS) is 18.5. The summed E-state index contributed by atoms with van der Waals surface area (Å²) in [5.41, 5.74) is 0.241. The molecule has 6 heteroatoms. The molecule has 2 aromatic carbocycles. The molecule has 1 amide bonds. The highest BCUT2D eigenvalue weighted by atomic mass is 19.1. The molecule has 0 spiro atoms. The van der Waals surface area contributed by atoms with Crippen molar-refractivity contribution < 1.29 is 18.7 Å². The Morgan fingerprint density at radius 1 is 1.06 bits per heavy atom. The van der Waals surface area contributed by atoms with E-state index in [1.54, 1.807) is 17.0 Å². The smallest absolute Gasteiger partial charge is 0.332 e. The molecule has 1 aliphatic heterocycles. The molecule has 0 aliphatic carbocycles. The lowest BCUT2D eigenvalue weighted by molar-refractivity contribution is -0.140. The largest absolute Gasteiger partial charge is 0.489 e. The number of rotatable bonds is 6. The lowest BCUT2D eigenvalue weighted by Crippen LogP contribution is -2.67. The SMILES string of the molecule is CN1C(=O)C(Cc2ccc(OCc3ccccc3)cc2C(=O)F)NC1(C(C)(C)C)C(C)(C)C. The third-order valence-electron chi connectivity index (χ3n) is 6.65. The number of nitrogens with one attached hydrogen (secondary N) is 1. The Kier molecular flexibility index (Phi) is 6.72. The quantitative estimate of drug-likeness (QED) is 0.615. The van der Waals surface area contributed by atoms with Crippen LogP contribution >= 0.6 is 0 Å². The van der Waals surface area contributed by atoms with Crippen LogP contribution in [0.25, 0.3) is 0 Å². The van der Waals surface area contributed by atoms with Gasteiger partial charge in [0.05, 0.1) is 11.6 Å². The van der Waals surface area contributed by atoms with Gasteiger partial charge in [0, 0.05) is 7.05 Å². The van der Waals surface area contributed by atoms with Crippen molar-refractivity contribution in [1.29, 1.82) is 0 Å². The minimum Gasteiger partial charge on any atom is -0.489 e. The fourth-order valence-corrected chi connectivity index (χ4v) is 5.48. The van der Waals surface area contributed by atoms with Crippen LogP contribution in [0.3, 0.4) is 0 Å². The standard InChI is InChI=1S/C27H35FN2O3/c1-25(2,3)27(26(4,5)6)29-22(24(32)30(27)7)15-19-13-14-20(16-21(19)23(28)31)33-17-18-11-9-8-10-12-18/h8-14,16,22,29H,15,17H2,1-7H3. The van der Waals surface area contributed by atoms with Gasteiger partial charge in [0.1, 0.15) is 18.0 Å². The average molecular weight is 455 g/mol. The van der Waals surface area contributed by atoms with Crippen LogP contribution in [-0.4, -0.2) is 35.6 Å². The van der Waals surface area contributed by atoms with Crippen molar-refractivity contribution in [2.24, 2.45) is 10.8 Å². The van der Waals surface area contributed by atoms with E-state index in [1.807, 2.05) is 37.4 Å². The molecule has 33 heavy (non-hydrogen) atoms. The third-order valence-corrected chi connectivity index (χ3v) is 6.65. The molecule has 5 nitrogen and oxygen atoms in total. The van der Waals surface area contributed by atoms with Gasteiger partial charge in [0.15, 0.2) is 0 Å². The summed E-state index contributed by atoms with van der Waals surface area (Å²) in [5.74, 6) is 0.340. The third kappa shape index (κ3) is 4.67. The summed E-state index contributed by atoms with van der Waals surface area (Å²) in [5, 5.41) is 3.57. The molecule has 2 aromatic rings. The van der Waals surface area contributed by atoms with Crippen molar-refractivity contribution in [3.05, 3.63) is 65.2 Å². The Labute approximate surface area is 196 Å². The number of hydrogen-bond donors (Lipinski definition) is 1. The molecule has 178 valence electrons. The van der Waals surface area contributed by atoms with Crippen molar-refractivity contribution in [1.82, 2.24) is 10.2 Å². The Balaban J connectivity index is 1.86. The summed E-state index contributed by atoms with van der Waals surface area (Å²) in [6, 6.07) is 12.3. The molecule has 1 aliphatic rings. The van der Waals surface area contributed by atoms with Gasteiger partial charge in [-0.25, -0.2) is 0 Å². The lowest BCUT2D eigenvalue weighted by Gasteiger charge is -2.55. The van der Waals surface area contributed by atoms with Gasteiger partial charge in [-0.05, 0) is 40.5 Å². The topological polar surface area (TPSA) is 58.6 Å². The number of carbonyl (C=O) groups is 2. The number of benzene rings is 2. The van der Waals surface area contributed by atoms with Crippen LogP contribution in [0.1, 0.15) is 63.0 Å². The van der Waals surface area contributed by atoms with Crippen LogP contribution in [0.15, 0.2) is 48.5 Å². The predicted octanol–water partition coefficient (Wildman–Crippen LogP) is 5.14. The zero-order chi connectivity index (χ0) is 24.6. The Morgan fingerprint density at radius 2 is 1.67 bits per heavy atom. The number of amides is 1. The first-order valence-electron chi connectivity index (χ1n) is 11.3. The van der Waals surface area contributed by atoms with Crippen molar-refractivity contribution in [2.75, 3.05) is 7.05 Å². The molecule has 1 atom stereocenters. The molecule has 0 radical (unpaired) electrons. The van der Waals surface area contributed by atoms with E-state index in [0.29, 0.717) is 17.9 Å². The van der Waals surface area contributed by atoms with E-state index in [-0.39, 0.29) is 28.7 Å². The van der Waals surface area contributed by atoms with Crippen LogP contribution in [-0.2, 0) is 17.8 Å². The van der Waals surface area contributed by atoms with Gasteiger partial charge in [0.25, 0.3) is 0 Å². The van der Waals surface area contributed by atoms with Gasteiger partial charge < -0.3 is 9.64 Å². The molecule has 1 N–H and O–H groups in total. The summed E-state index contributed by atoms with van der Waals surface area (Å²) in [7, 11) is 1.81. The average Bonchev–Trinajstić information content (AvgIpc) is 2.99. The van der Waals surface area contributed by atoms with Crippen LogP contribution in [0, 0.1) is 10.8 Å². The van der Waals surface area contributed by atoms with Gasteiger partial charge in [-0.15, -0.1) is 0 Å². The van der Waals surface area contributed by atoms with Crippen molar-refractivity contribution in [2.45, 2.75) is 66.3 Å². The fraction of sp³-hybridized carbons (Fsp3) is 0.481. The Hall–Kier alpha value is -2.73. The van der Waals surface area contributed by atoms with E-state index in [4.69, 9.17) is 4.74 Å². The minimum atomic E-state index is -1.54. The van der Waals surface area contributed by atoms with Gasteiger partial charge in [0.2, 0.25) is 5.91 Å². The zero-order valence-corrected chi connectivity index (χ0v) is 20.7. The second-order valence-electron chi connectivity index (χ2n) is 10.9. The summed E-state index contributed by atoms with van der Waals surface area (Å²) < 4.78 is 19.8. The van der Waals surface area contributed by atoms with E-state index in [2.05, 4.69) is 46.9 Å². The zero-order valence-electron chi connectivity index (χ0n) is 20.7. The summed E-state index contributed by atoms with van der Waals surface area (Å²) >= 11 is 0. The molecule has 3 rings (SSSR count). The first kappa shape index (κ1) is 24.9. The number of hydrogen-bond acceptors (Lipinski definition) is 4. The molecule has 0 bridgehead atoms. The highest BCUT2D eigenvalue weighted by Crippen LogP contribution is 2.49. The second kappa shape index (κ2) is 8.90. The van der Waals surface area contributed by atoms with Crippen molar-refractivity contribution >= 4 is 11.9 Å². The molecule has 1 fully saturated rings. The van der Waals surface area contributed by atoms with Crippen molar-refractivity contribution in [3.63, 3.8) is 0 Å². The number of nitrogens with zero attached hydrogens (tertiary/aromatic N) is 1. The lowest BCUT2D eigenvalue weighted by atomic mass is 9.65. The van der Waals surface area contributed by atoms with Gasteiger partial charge in [-0.1, -0.05) is 77.9 Å². The first-order valence-corrected chi connectivity index (χ1v) is 11.3. The second-order valence-corrected chi connectivity index (χ2v) is 10.9. The van der Waals surface area contributed by atoms with Crippen LogP contribution in [0.2, 0.25) is 0 Å². The number of ether oxygens (including phenoxy) is 1. The van der Waals surface area contributed by atoms with Crippen LogP contribution < -0.4 is 10.1 Å². The first-order chi connectivity index (χ1) is 15.3. The Bertz CT molecular complexity index is 1010. The van der Waals surface area contributed by atoms with Crippen LogP contribution in [0.4, 0.5) is 4.39 Å². The molecule has 0 saturated carbocycles. The summed E-state index contributed by atoms with van der Waals surface area (Å²) in [6.07, 6.45) is 0.209. The van der Waals surface area contributed by atoms with E-state index in [1.165, 1.54) is 6.07 Å². The van der Waals surface area contributed by atoms with Crippen LogP contribution in [0.5, 0.6) is 5.75 Å². The number of halogens is 1. The maximum absolute atomic E-state index is 14.0. The number of likely N-dealkylation sites (N-methyl/N-ethyl adjacent to an activating group) is 1. The monoisotopic (exact) mass is 454 g/mol. The summed E-state index contributed by atoms with van der Waals surface area (Å²) in [4.78, 5) is 26.9. The molecule has 0 aromatic heterocycles. The van der Waals surface area contributed by atoms with Gasteiger partial charge in [-0.2, -0.15) is 4.39 Å². The predicted molar refractivity (Wildman–Crippen MR) is 128 cm³/mol. The number of carbonyl (C=O) groups excluding carboxylic acids is 2. The maximum atomic E-state index is 14.0. The minimum absolute atomic E-state index is 0.0677. The van der Waals surface area contributed by atoms with E-state index in [9.17, 15) is 14.0 Å². The van der Waals surface area contributed by atoms with E-state index < -0.39 is 17.7 Å². The highest BCUT2D eigenvalue weighted by Gasteiger charge is 2.60. The fourth-order valence-electron chi connectivity index (χ4n) is 5.48. The molecule has 1 heterocycles. The molecular weight excluding hydrogens is 419 g/mol. The summed E-state index contributed by atoms with van der Waals surface area (Å²) in [6.45, 7) is 12.9. The van der Waals surface area contributed by atoms with E-state index in [0.717, 1.165) is 5.56 Å². The molecular formula is C27H35FN2O3.